The van der Waals surface area contributed by atoms with Crippen molar-refractivity contribution in [2.45, 2.75) is 13.8 Å². The highest BCUT2D eigenvalue weighted by Crippen LogP contribution is 2.25. The smallest absolute Gasteiger partial charge is 0.203 e. The summed E-state index contributed by atoms with van der Waals surface area (Å²) in [4.78, 5) is 4.67. The van der Waals surface area contributed by atoms with Gasteiger partial charge in [0.1, 0.15) is 25.3 Å². The van der Waals surface area contributed by atoms with Gasteiger partial charge >= 0.3 is 0 Å². The van der Waals surface area contributed by atoms with Gasteiger partial charge in [-0.1, -0.05) is 0 Å². The van der Waals surface area contributed by atoms with Crippen LogP contribution in [0.4, 0.5) is 0 Å². The fourth-order valence-electron chi connectivity index (χ4n) is 2.15. The topological polar surface area (TPSA) is 29.0 Å². The normalized spacial score (nSPS) is 11.2. The van der Waals surface area contributed by atoms with E-state index in [0.717, 1.165) is 27.9 Å². The van der Waals surface area contributed by atoms with Crippen molar-refractivity contribution in [3.8, 4) is 11.5 Å². The third kappa shape index (κ3) is 2.01. The first-order chi connectivity index (χ1) is 9.04. The molecule has 0 N–H and O–H groups in total. The summed E-state index contributed by atoms with van der Waals surface area (Å²) >= 11 is 0. The van der Waals surface area contributed by atoms with Crippen molar-refractivity contribution in [2.24, 2.45) is 0 Å². The Morgan fingerprint density at radius 3 is 2.47 bits per heavy atom. The van der Waals surface area contributed by atoms with Crippen LogP contribution in [-0.2, 0) is 0 Å². The Hall–Kier alpha value is -2.16. The van der Waals surface area contributed by atoms with Crippen LogP contribution >= 0.6 is 0 Å². The molecule has 0 bridgehead atoms. The molecule has 0 atom stereocenters. The van der Waals surface area contributed by atoms with Gasteiger partial charge in [0.05, 0.1) is 6.07 Å². The minimum absolute atomic E-state index is 0.821. The summed E-state index contributed by atoms with van der Waals surface area (Å²) in [5.74, 6) is 0.821. The van der Waals surface area contributed by atoms with E-state index in [4.69, 9.17) is 4.42 Å². The molecule has 0 amide bonds. The van der Waals surface area contributed by atoms with Crippen LogP contribution in [0.2, 0.25) is 0 Å². The molecule has 3 heteroatoms. The van der Waals surface area contributed by atoms with Crippen LogP contribution in [0.15, 0.2) is 34.7 Å². The summed E-state index contributed by atoms with van der Waals surface area (Å²) in [5.41, 5.74) is 5.10. The maximum Gasteiger partial charge on any atom is 0.203 e. The first-order valence-corrected chi connectivity index (χ1v) is 6.37. The molecule has 1 aromatic carbocycles. The number of hydrogen-bond donors (Lipinski definition) is 0. The second kappa shape index (κ2) is 4.19. The largest absolute Gasteiger partial charge is 0.453 e. The second-order valence-electron chi connectivity index (χ2n) is 5.16. The molecule has 0 fully saturated rings. The third-order valence-electron chi connectivity index (χ3n) is 3.50. The minimum Gasteiger partial charge on any atom is -0.453 e. The van der Waals surface area contributed by atoms with Gasteiger partial charge in [-0.15, -0.1) is 0 Å². The van der Waals surface area contributed by atoms with E-state index in [-0.39, 0.29) is 0 Å². The summed E-state index contributed by atoms with van der Waals surface area (Å²) < 4.78 is 8.04. The Morgan fingerprint density at radius 2 is 1.74 bits per heavy atom. The predicted molar refractivity (Wildman–Crippen MR) is 77.2 cm³/mol. The van der Waals surface area contributed by atoms with Crippen molar-refractivity contribution in [1.82, 2.24) is 9.56 Å². The summed E-state index contributed by atoms with van der Waals surface area (Å²) in [6, 6.07) is 10.2. The highest BCUT2D eigenvalue weighted by atomic mass is 16.3. The first kappa shape index (κ1) is 11.9. The van der Waals surface area contributed by atoms with Gasteiger partial charge in [0, 0.05) is 6.07 Å². The third-order valence-corrected chi connectivity index (χ3v) is 3.50. The number of benzene rings is 2. The molecule has 0 radical (unpaired) electrons. The Labute approximate surface area is 112 Å². The Kier molecular flexibility index (Phi) is 2.63. The van der Waals surface area contributed by atoms with E-state index >= 15 is 0 Å². The molecule has 19 heavy (non-hydrogen) atoms. The van der Waals surface area contributed by atoms with Crippen molar-refractivity contribution >= 4 is 11.1 Å². The Balaban J connectivity index is 2.40. The monoisotopic (exact) mass is 253 g/mol. The van der Waals surface area contributed by atoms with Gasteiger partial charge in [0.15, 0.2) is 11.3 Å². The minimum atomic E-state index is 0.821. The highest BCUT2D eigenvalue weighted by Gasteiger charge is 2.11. The molecule has 0 saturated heterocycles. The van der Waals surface area contributed by atoms with Crippen LogP contribution in [0.1, 0.15) is 11.1 Å². The second-order valence-corrected chi connectivity index (χ2v) is 5.16. The summed E-state index contributed by atoms with van der Waals surface area (Å²) in [5, 5.41) is 1.11. The van der Waals surface area contributed by atoms with Crippen LogP contribution in [0.3, 0.4) is 0 Å². The fourth-order valence-corrected chi connectivity index (χ4v) is 2.15. The lowest BCUT2D eigenvalue weighted by Gasteiger charge is -2.07. The summed E-state index contributed by atoms with van der Waals surface area (Å²) in [7, 11) is 4.03. The number of aromatic nitrogens is 1. The van der Waals surface area contributed by atoms with E-state index < -0.39 is 0 Å². The van der Waals surface area contributed by atoms with Gasteiger partial charge in [0.25, 0.3) is 0 Å². The van der Waals surface area contributed by atoms with E-state index in [0.29, 0.717) is 0 Å². The number of aryl methyl sites for hydroxylation is 2. The molecule has 1 aromatic rings. The molecular formula is C16H17N2O+. The van der Waals surface area contributed by atoms with Crippen LogP contribution in [0.25, 0.3) is 22.6 Å². The van der Waals surface area contributed by atoms with Crippen LogP contribution in [0, 0.1) is 13.8 Å². The van der Waals surface area contributed by atoms with E-state index in [1.54, 1.807) is 0 Å². The van der Waals surface area contributed by atoms with E-state index in [1.165, 1.54) is 11.1 Å². The van der Waals surface area contributed by atoms with Crippen molar-refractivity contribution in [3.63, 3.8) is 0 Å². The molecule has 0 spiro atoms. The number of rotatable bonds is 0. The van der Waals surface area contributed by atoms with Crippen LogP contribution in [0.5, 0.6) is 0 Å². The maximum absolute atomic E-state index is 5.98. The average Bonchev–Trinajstić information content (AvgIpc) is 2.37. The average molecular weight is 253 g/mol. The number of fused-ring (bicyclic) bond motifs is 2. The molecule has 2 aliphatic rings. The summed E-state index contributed by atoms with van der Waals surface area (Å²) in [6.45, 7) is 4.18. The zero-order valence-electron chi connectivity index (χ0n) is 11.7. The van der Waals surface area contributed by atoms with E-state index in [2.05, 4.69) is 41.6 Å². The molecule has 0 unspecified atom stereocenters. The SMILES string of the molecule is Cc1cc2nc3ccc(=[N+](C)C)cc-3oc2cc1C. The van der Waals surface area contributed by atoms with Gasteiger partial charge in [0.2, 0.25) is 5.36 Å². The Morgan fingerprint density at radius 1 is 1.00 bits per heavy atom. The van der Waals surface area contributed by atoms with Crippen LogP contribution in [-0.4, -0.2) is 19.1 Å². The summed E-state index contributed by atoms with van der Waals surface area (Å²) in [6.07, 6.45) is 0. The first-order valence-electron chi connectivity index (χ1n) is 6.37. The van der Waals surface area contributed by atoms with Crippen molar-refractivity contribution < 1.29 is 4.42 Å². The zero-order valence-corrected chi connectivity index (χ0v) is 11.7. The lowest BCUT2D eigenvalue weighted by Crippen LogP contribution is -2.21. The standard InChI is InChI=1S/C16H17N2O/c1-10-7-14-15(8-11(10)2)19-16-9-12(18(3)4)5-6-13(16)17-14/h5-9H,1-4H3/q+1. The molecule has 0 saturated carbocycles. The van der Waals surface area contributed by atoms with Gasteiger partial charge in [-0.05, 0) is 43.2 Å². The maximum atomic E-state index is 5.98. The van der Waals surface area contributed by atoms with Gasteiger partial charge in [-0.25, -0.2) is 9.56 Å². The Bertz CT molecular complexity index is 811. The highest BCUT2D eigenvalue weighted by molar-refractivity contribution is 5.77. The number of hydrogen-bond acceptors (Lipinski definition) is 2. The molecule has 3 nitrogen and oxygen atoms in total. The molecule has 1 aliphatic heterocycles. The predicted octanol–water partition coefficient (Wildman–Crippen LogP) is 2.58. The number of nitrogens with zero attached hydrogens (tertiary/aromatic N) is 2. The quantitative estimate of drug-likeness (QED) is 0.455. The molecule has 1 heterocycles. The van der Waals surface area contributed by atoms with Gasteiger partial charge < -0.3 is 4.42 Å². The molecule has 96 valence electrons. The van der Waals surface area contributed by atoms with Crippen molar-refractivity contribution in [1.29, 1.82) is 0 Å². The zero-order chi connectivity index (χ0) is 13.6. The van der Waals surface area contributed by atoms with Gasteiger partial charge in [-0.3, -0.25) is 0 Å². The van der Waals surface area contributed by atoms with Gasteiger partial charge in [-0.2, -0.15) is 0 Å². The van der Waals surface area contributed by atoms with Crippen LogP contribution < -0.4 is 9.93 Å². The lowest BCUT2D eigenvalue weighted by atomic mass is 10.1. The molecular weight excluding hydrogens is 236 g/mol. The van der Waals surface area contributed by atoms with E-state index in [1.807, 2.05) is 26.2 Å². The fraction of sp³-hybridized carbons (Fsp3) is 0.250. The molecule has 3 rings (SSSR count). The van der Waals surface area contributed by atoms with Crippen molar-refractivity contribution in [3.05, 3.63) is 46.8 Å². The van der Waals surface area contributed by atoms with Crippen molar-refractivity contribution in [2.75, 3.05) is 14.1 Å². The molecule has 1 aliphatic carbocycles. The van der Waals surface area contributed by atoms with E-state index in [9.17, 15) is 0 Å². The lowest BCUT2D eigenvalue weighted by molar-refractivity contribution is 0.610. The molecule has 0 aromatic heterocycles.